The van der Waals surface area contributed by atoms with Gasteiger partial charge in [-0.1, -0.05) is 30.3 Å². The number of primary amides is 1. The van der Waals surface area contributed by atoms with E-state index in [1.807, 2.05) is 30.3 Å². The fraction of sp³-hybridized carbons (Fsp3) is 0.158. The van der Waals surface area contributed by atoms with Gasteiger partial charge in [0, 0.05) is 11.2 Å². The third-order valence-corrected chi connectivity index (χ3v) is 4.78. The van der Waals surface area contributed by atoms with Crippen molar-refractivity contribution in [3.8, 4) is 5.75 Å². The average Bonchev–Trinajstić information content (AvgIpc) is 3.06. The number of rotatable bonds is 7. The Morgan fingerprint density at radius 1 is 1.08 bits per heavy atom. The number of hydrogen-bond donors (Lipinski definition) is 2. The summed E-state index contributed by atoms with van der Waals surface area (Å²) >= 11 is 1.48. The Morgan fingerprint density at radius 3 is 2.64 bits per heavy atom. The van der Waals surface area contributed by atoms with E-state index in [0.717, 1.165) is 10.1 Å². The van der Waals surface area contributed by atoms with Crippen molar-refractivity contribution in [1.82, 2.24) is 5.32 Å². The lowest BCUT2D eigenvalue weighted by Gasteiger charge is -2.09. The van der Waals surface area contributed by atoms with Gasteiger partial charge in [0.1, 0.15) is 5.75 Å². The molecule has 2 aromatic carbocycles. The molecule has 0 aliphatic heterocycles. The number of nitrogens with one attached hydrogen (secondary N) is 1. The van der Waals surface area contributed by atoms with Crippen LogP contribution in [0, 0.1) is 0 Å². The monoisotopic (exact) mass is 354 g/mol. The lowest BCUT2D eigenvalue weighted by atomic mass is 10.2. The number of amides is 2. The Bertz CT molecular complexity index is 871. The predicted octanol–water partition coefficient (Wildman–Crippen LogP) is 3.20. The maximum atomic E-state index is 12.2. The number of nitrogens with two attached hydrogens (primary N) is 1. The molecular formula is C19H18N2O3S. The van der Waals surface area contributed by atoms with Crippen molar-refractivity contribution >= 4 is 33.2 Å². The van der Waals surface area contributed by atoms with Crippen molar-refractivity contribution in [3.63, 3.8) is 0 Å². The summed E-state index contributed by atoms with van der Waals surface area (Å²) < 4.78 is 6.68. The maximum Gasteiger partial charge on any atom is 0.261 e. The van der Waals surface area contributed by atoms with E-state index in [2.05, 4.69) is 5.32 Å². The molecule has 0 aliphatic rings. The molecule has 0 aliphatic carbocycles. The van der Waals surface area contributed by atoms with Gasteiger partial charge >= 0.3 is 0 Å². The molecule has 0 bridgehead atoms. The highest BCUT2D eigenvalue weighted by Gasteiger charge is 2.10. The van der Waals surface area contributed by atoms with Gasteiger partial charge < -0.3 is 15.8 Å². The van der Waals surface area contributed by atoms with Crippen LogP contribution in [0.1, 0.15) is 26.5 Å². The molecule has 0 fully saturated rings. The van der Waals surface area contributed by atoms with Crippen molar-refractivity contribution in [2.24, 2.45) is 5.73 Å². The lowest BCUT2D eigenvalue weighted by Crippen LogP contribution is -2.24. The number of thiophene rings is 1. The zero-order valence-corrected chi connectivity index (χ0v) is 14.3. The zero-order chi connectivity index (χ0) is 17.6. The molecule has 6 heteroatoms. The average molecular weight is 354 g/mol. The van der Waals surface area contributed by atoms with E-state index in [-0.39, 0.29) is 5.91 Å². The standard InChI is InChI=1S/C19H18N2O3S/c20-18(22)14-7-2-3-8-15(14)24-11-5-10-21-19(23)17-12-13-6-1-4-9-16(13)25-17/h1-4,6-9,12H,5,10-11H2,(H2,20,22)(H,21,23). The molecule has 3 aromatic rings. The van der Waals surface area contributed by atoms with E-state index in [1.165, 1.54) is 11.3 Å². The van der Waals surface area contributed by atoms with Crippen LogP contribution in [0.4, 0.5) is 0 Å². The topological polar surface area (TPSA) is 81.4 Å². The highest BCUT2D eigenvalue weighted by Crippen LogP contribution is 2.25. The number of hydrogen-bond acceptors (Lipinski definition) is 4. The van der Waals surface area contributed by atoms with E-state index < -0.39 is 5.91 Å². The molecule has 25 heavy (non-hydrogen) atoms. The molecule has 1 heterocycles. The molecule has 128 valence electrons. The summed E-state index contributed by atoms with van der Waals surface area (Å²) in [4.78, 5) is 24.2. The first kappa shape index (κ1) is 17.0. The Kier molecular flexibility index (Phi) is 5.30. The van der Waals surface area contributed by atoms with E-state index in [9.17, 15) is 9.59 Å². The van der Waals surface area contributed by atoms with Crippen LogP contribution in [-0.2, 0) is 0 Å². The van der Waals surface area contributed by atoms with Gasteiger partial charge in [0.2, 0.25) is 0 Å². The van der Waals surface area contributed by atoms with E-state index in [4.69, 9.17) is 10.5 Å². The van der Waals surface area contributed by atoms with Crippen molar-refractivity contribution in [2.45, 2.75) is 6.42 Å². The summed E-state index contributed by atoms with van der Waals surface area (Å²) in [6, 6.07) is 16.7. The van der Waals surface area contributed by atoms with Crippen LogP contribution in [0.2, 0.25) is 0 Å². The van der Waals surface area contributed by atoms with E-state index in [0.29, 0.717) is 35.8 Å². The van der Waals surface area contributed by atoms with Gasteiger partial charge in [-0.3, -0.25) is 9.59 Å². The fourth-order valence-electron chi connectivity index (χ4n) is 2.43. The smallest absolute Gasteiger partial charge is 0.261 e. The summed E-state index contributed by atoms with van der Waals surface area (Å²) in [7, 11) is 0. The van der Waals surface area contributed by atoms with Gasteiger partial charge in [0.15, 0.2) is 0 Å². The summed E-state index contributed by atoms with van der Waals surface area (Å²) in [6.45, 7) is 0.878. The van der Waals surface area contributed by atoms with Crippen LogP contribution in [0.25, 0.3) is 10.1 Å². The molecule has 3 N–H and O–H groups in total. The van der Waals surface area contributed by atoms with Crippen LogP contribution in [0.5, 0.6) is 5.75 Å². The van der Waals surface area contributed by atoms with Gasteiger partial charge in [-0.25, -0.2) is 0 Å². The number of ether oxygens (including phenoxy) is 1. The summed E-state index contributed by atoms with van der Waals surface area (Å²) in [5.74, 6) is -0.141. The second kappa shape index (κ2) is 7.81. The minimum absolute atomic E-state index is 0.0845. The van der Waals surface area contributed by atoms with Gasteiger partial charge in [0.25, 0.3) is 11.8 Å². The molecule has 0 atom stereocenters. The van der Waals surface area contributed by atoms with Crippen LogP contribution in [0.3, 0.4) is 0 Å². The SMILES string of the molecule is NC(=O)c1ccccc1OCCCNC(=O)c1cc2ccccc2s1. The van der Waals surface area contributed by atoms with E-state index >= 15 is 0 Å². The second-order valence-corrected chi connectivity index (χ2v) is 6.55. The number of carbonyl (C=O) groups excluding carboxylic acids is 2. The molecule has 0 spiro atoms. The Balaban J connectivity index is 1.47. The van der Waals surface area contributed by atoms with Crippen molar-refractivity contribution in [3.05, 3.63) is 65.0 Å². The van der Waals surface area contributed by atoms with Crippen LogP contribution < -0.4 is 15.8 Å². The van der Waals surface area contributed by atoms with Crippen LogP contribution in [0.15, 0.2) is 54.6 Å². The number of fused-ring (bicyclic) bond motifs is 1. The highest BCUT2D eigenvalue weighted by molar-refractivity contribution is 7.20. The Hall–Kier alpha value is -2.86. The third-order valence-electron chi connectivity index (χ3n) is 3.67. The Labute approximate surface area is 149 Å². The predicted molar refractivity (Wildman–Crippen MR) is 99.2 cm³/mol. The molecule has 3 rings (SSSR count). The molecule has 5 nitrogen and oxygen atoms in total. The number of benzene rings is 2. The van der Waals surface area contributed by atoms with Crippen molar-refractivity contribution in [1.29, 1.82) is 0 Å². The first-order valence-electron chi connectivity index (χ1n) is 7.93. The third kappa shape index (κ3) is 4.16. The van der Waals surface area contributed by atoms with Crippen molar-refractivity contribution < 1.29 is 14.3 Å². The normalized spacial score (nSPS) is 10.6. The summed E-state index contributed by atoms with van der Waals surface area (Å²) in [6.07, 6.45) is 0.629. The van der Waals surface area contributed by atoms with Gasteiger partial charge in [0.05, 0.1) is 17.0 Å². The largest absolute Gasteiger partial charge is 0.493 e. The molecule has 0 radical (unpaired) electrons. The number of para-hydroxylation sites is 1. The van der Waals surface area contributed by atoms with Gasteiger partial charge in [-0.15, -0.1) is 11.3 Å². The molecule has 0 unspecified atom stereocenters. The first-order chi connectivity index (χ1) is 12.1. The van der Waals surface area contributed by atoms with Crippen LogP contribution >= 0.6 is 11.3 Å². The maximum absolute atomic E-state index is 12.2. The van der Waals surface area contributed by atoms with E-state index in [1.54, 1.807) is 24.3 Å². The molecule has 0 saturated carbocycles. The fourth-order valence-corrected chi connectivity index (χ4v) is 3.41. The molecule has 1 aromatic heterocycles. The Morgan fingerprint density at radius 2 is 1.84 bits per heavy atom. The summed E-state index contributed by atoms with van der Waals surface area (Å²) in [5, 5.41) is 3.96. The van der Waals surface area contributed by atoms with Gasteiger partial charge in [-0.2, -0.15) is 0 Å². The highest BCUT2D eigenvalue weighted by atomic mass is 32.1. The lowest BCUT2D eigenvalue weighted by molar-refractivity contribution is 0.0955. The number of carbonyl (C=O) groups is 2. The summed E-state index contributed by atoms with van der Waals surface area (Å²) in [5.41, 5.74) is 5.66. The van der Waals surface area contributed by atoms with Crippen LogP contribution in [-0.4, -0.2) is 25.0 Å². The minimum atomic E-state index is -0.520. The van der Waals surface area contributed by atoms with Gasteiger partial charge in [-0.05, 0) is 36.1 Å². The molecule has 0 saturated heterocycles. The zero-order valence-electron chi connectivity index (χ0n) is 13.5. The molecule has 2 amide bonds. The minimum Gasteiger partial charge on any atom is -0.493 e. The molecular weight excluding hydrogens is 336 g/mol. The first-order valence-corrected chi connectivity index (χ1v) is 8.75. The quantitative estimate of drug-likeness (QED) is 0.639. The second-order valence-electron chi connectivity index (χ2n) is 5.47. The van der Waals surface area contributed by atoms with Crippen molar-refractivity contribution in [2.75, 3.05) is 13.2 Å².